The first-order chi connectivity index (χ1) is 14.4. The molecule has 0 bridgehead atoms. The van der Waals surface area contributed by atoms with Crippen molar-refractivity contribution in [3.63, 3.8) is 0 Å². The minimum absolute atomic E-state index is 0.0997. The van der Waals surface area contributed by atoms with E-state index in [2.05, 4.69) is 20.4 Å². The molecule has 154 valence electrons. The maximum absolute atomic E-state index is 12.9. The molecule has 0 aliphatic carbocycles. The van der Waals surface area contributed by atoms with E-state index in [1.165, 1.54) is 0 Å². The van der Waals surface area contributed by atoms with Gasteiger partial charge in [-0.1, -0.05) is 0 Å². The number of hydrogen-bond acceptors (Lipinski definition) is 5. The maximum atomic E-state index is 12.9. The third-order valence-corrected chi connectivity index (χ3v) is 5.00. The number of amides is 1. The van der Waals surface area contributed by atoms with E-state index in [0.717, 1.165) is 11.1 Å². The molecule has 0 aliphatic rings. The van der Waals surface area contributed by atoms with E-state index in [1.54, 1.807) is 42.3 Å². The van der Waals surface area contributed by atoms with E-state index >= 15 is 0 Å². The molecule has 30 heavy (non-hydrogen) atoms. The summed E-state index contributed by atoms with van der Waals surface area (Å²) in [6.45, 7) is 5.96. The molecule has 0 saturated heterocycles. The van der Waals surface area contributed by atoms with Crippen LogP contribution in [0.3, 0.4) is 0 Å². The van der Waals surface area contributed by atoms with E-state index in [1.807, 2.05) is 26.8 Å². The molecule has 0 spiro atoms. The van der Waals surface area contributed by atoms with Gasteiger partial charge >= 0.3 is 0 Å². The third kappa shape index (κ3) is 3.52. The number of H-pyrrole nitrogens is 1. The number of carbonyl (C=O) groups is 1. The molecule has 8 heteroatoms. The molecule has 0 radical (unpaired) electrons. The fraction of sp³-hybridized carbons (Fsp3) is 0.273. The molecule has 0 saturated carbocycles. The highest BCUT2D eigenvalue weighted by Gasteiger charge is 2.17. The summed E-state index contributed by atoms with van der Waals surface area (Å²) >= 11 is 0. The number of fused-ring (bicyclic) bond motifs is 2. The lowest BCUT2D eigenvalue weighted by Crippen LogP contribution is -2.27. The molecule has 0 atom stereocenters. The Bertz CT molecular complexity index is 1320. The smallest absolute Gasteiger partial charge is 0.253 e. The van der Waals surface area contributed by atoms with Crippen molar-refractivity contribution >= 4 is 27.8 Å². The highest BCUT2D eigenvalue weighted by atomic mass is 16.5. The minimum Gasteiger partial charge on any atom is -0.497 e. The predicted molar refractivity (Wildman–Crippen MR) is 115 cm³/mol. The Kier molecular flexibility index (Phi) is 4.99. The first-order valence-corrected chi connectivity index (χ1v) is 9.70. The molecule has 3 aromatic heterocycles. The summed E-state index contributed by atoms with van der Waals surface area (Å²) in [6.07, 6.45) is 1.66. The number of hydrogen-bond donors (Lipinski definition) is 2. The second-order valence-electron chi connectivity index (χ2n) is 7.49. The second kappa shape index (κ2) is 7.62. The van der Waals surface area contributed by atoms with Gasteiger partial charge in [-0.2, -0.15) is 5.10 Å². The molecule has 0 unspecified atom stereocenters. The largest absolute Gasteiger partial charge is 0.497 e. The highest BCUT2D eigenvalue weighted by molar-refractivity contribution is 6.05. The molecule has 1 aromatic carbocycles. The summed E-state index contributed by atoms with van der Waals surface area (Å²) in [5, 5.41) is 8.74. The van der Waals surface area contributed by atoms with Crippen LogP contribution in [-0.4, -0.2) is 32.8 Å². The van der Waals surface area contributed by atoms with Crippen LogP contribution in [0.25, 0.3) is 21.9 Å². The van der Waals surface area contributed by atoms with Gasteiger partial charge in [0.25, 0.3) is 11.5 Å². The number of nitrogens with zero attached hydrogens (tertiary/aromatic N) is 3. The zero-order chi connectivity index (χ0) is 21.4. The van der Waals surface area contributed by atoms with E-state index in [-0.39, 0.29) is 24.1 Å². The van der Waals surface area contributed by atoms with Crippen LogP contribution in [0.15, 0.2) is 41.3 Å². The summed E-state index contributed by atoms with van der Waals surface area (Å²) in [4.78, 5) is 32.7. The van der Waals surface area contributed by atoms with Gasteiger partial charge in [0.2, 0.25) is 0 Å². The van der Waals surface area contributed by atoms with Crippen molar-refractivity contribution in [2.24, 2.45) is 0 Å². The molecule has 0 fully saturated rings. The van der Waals surface area contributed by atoms with Crippen molar-refractivity contribution in [3.05, 3.63) is 63.7 Å². The van der Waals surface area contributed by atoms with Gasteiger partial charge in [0.05, 0.1) is 24.3 Å². The van der Waals surface area contributed by atoms with Crippen LogP contribution >= 0.6 is 0 Å². The summed E-state index contributed by atoms with van der Waals surface area (Å²) in [6, 6.07) is 9.04. The number of pyridine rings is 2. The number of ether oxygens (including phenoxy) is 1. The van der Waals surface area contributed by atoms with Crippen LogP contribution in [-0.2, 0) is 6.54 Å². The Balaban J connectivity index is 1.64. The van der Waals surface area contributed by atoms with Gasteiger partial charge in [-0.15, -0.1) is 0 Å². The van der Waals surface area contributed by atoms with Crippen LogP contribution in [0.4, 0.5) is 0 Å². The Hall–Kier alpha value is -3.68. The number of aryl methyl sites for hydroxylation is 1. The van der Waals surface area contributed by atoms with Gasteiger partial charge in [-0.05, 0) is 51.1 Å². The van der Waals surface area contributed by atoms with Crippen LogP contribution in [0.1, 0.15) is 41.5 Å². The molecule has 4 rings (SSSR count). The maximum Gasteiger partial charge on any atom is 0.253 e. The van der Waals surface area contributed by atoms with E-state index in [0.29, 0.717) is 33.4 Å². The average Bonchev–Trinajstić information content (AvgIpc) is 3.15. The lowest BCUT2D eigenvalue weighted by molar-refractivity contribution is 0.0952. The van der Waals surface area contributed by atoms with Crippen molar-refractivity contribution in [2.45, 2.75) is 33.4 Å². The van der Waals surface area contributed by atoms with E-state index < -0.39 is 0 Å². The van der Waals surface area contributed by atoms with E-state index in [9.17, 15) is 9.59 Å². The third-order valence-electron chi connectivity index (χ3n) is 5.00. The Morgan fingerprint density at radius 3 is 2.80 bits per heavy atom. The summed E-state index contributed by atoms with van der Waals surface area (Å²) in [5.41, 5.74) is 2.82. The summed E-state index contributed by atoms with van der Waals surface area (Å²) in [5.74, 6) is 0.417. The zero-order valence-corrected chi connectivity index (χ0v) is 17.3. The van der Waals surface area contributed by atoms with Crippen molar-refractivity contribution in [2.75, 3.05) is 7.11 Å². The minimum atomic E-state index is -0.279. The van der Waals surface area contributed by atoms with Crippen LogP contribution in [0.2, 0.25) is 0 Å². The number of carbonyl (C=O) groups excluding carboxylic acids is 1. The normalized spacial score (nSPS) is 11.4. The topological polar surface area (TPSA) is 102 Å². The predicted octanol–water partition coefficient (Wildman–Crippen LogP) is 3.10. The lowest BCUT2D eigenvalue weighted by Gasteiger charge is -2.10. The fourth-order valence-corrected chi connectivity index (χ4v) is 3.47. The average molecular weight is 405 g/mol. The zero-order valence-electron chi connectivity index (χ0n) is 17.3. The van der Waals surface area contributed by atoms with Gasteiger partial charge in [-0.3, -0.25) is 9.59 Å². The second-order valence-corrected chi connectivity index (χ2v) is 7.49. The SMILES string of the molecule is COc1ccc2[nH]c(=O)c(CNC(=O)c3cc(C)nc4c3cnn4C(C)C)cc2c1. The monoisotopic (exact) mass is 405 g/mol. The molecule has 2 N–H and O–H groups in total. The van der Waals surface area contributed by atoms with Gasteiger partial charge < -0.3 is 15.0 Å². The summed E-state index contributed by atoms with van der Waals surface area (Å²) in [7, 11) is 1.59. The number of rotatable bonds is 5. The van der Waals surface area contributed by atoms with Crippen LogP contribution in [0.5, 0.6) is 5.75 Å². The Morgan fingerprint density at radius 1 is 1.27 bits per heavy atom. The first-order valence-electron chi connectivity index (χ1n) is 9.70. The number of nitrogens with one attached hydrogen (secondary N) is 2. The Morgan fingerprint density at radius 2 is 2.07 bits per heavy atom. The molecule has 8 nitrogen and oxygen atoms in total. The van der Waals surface area contributed by atoms with Gasteiger partial charge in [0, 0.05) is 34.7 Å². The van der Waals surface area contributed by atoms with Crippen molar-refractivity contribution in [1.82, 2.24) is 25.1 Å². The summed E-state index contributed by atoms with van der Waals surface area (Å²) < 4.78 is 7.04. The van der Waals surface area contributed by atoms with Gasteiger partial charge in [0.1, 0.15) is 5.75 Å². The number of benzene rings is 1. The lowest BCUT2D eigenvalue weighted by atomic mass is 10.1. The van der Waals surface area contributed by atoms with Crippen LogP contribution < -0.4 is 15.6 Å². The molecule has 1 amide bonds. The van der Waals surface area contributed by atoms with Crippen LogP contribution in [0, 0.1) is 6.92 Å². The van der Waals surface area contributed by atoms with Gasteiger partial charge in [0.15, 0.2) is 5.65 Å². The number of aromatic amines is 1. The molecule has 0 aliphatic heterocycles. The fourth-order valence-electron chi connectivity index (χ4n) is 3.47. The molecule has 4 aromatic rings. The molecular formula is C22H23N5O3. The Labute approximate surface area is 172 Å². The standard InChI is InChI=1S/C22H23N5O3/c1-12(2)27-20-18(11-24-27)17(7-13(3)25-20)22(29)23-10-15-8-14-9-16(30-4)5-6-19(14)26-21(15)28/h5-9,11-12H,10H2,1-4H3,(H,23,29)(H,26,28). The number of methoxy groups -OCH3 is 1. The highest BCUT2D eigenvalue weighted by Crippen LogP contribution is 2.21. The van der Waals surface area contributed by atoms with Crippen molar-refractivity contribution in [3.8, 4) is 5.75 Å². The quantitative estimate of drug-likeness (QED) is 0.531. The number of aromatic nitrogens is 4. The van der Waals surface area contributed by atoms with Crippen molar-refractivity contribution in [1.29, 1.82) is 0 Å². The van der Waals surface area contributed by atoms with Gasteiger partial charge in [-0.25, -0.2) is 9.67 Å². The first kappa shape index (κ1) is 19.6. The van der Waals surface area contributed by atoms with E-state index in [4.69, 9.17) is 4.74 Å². The van der Waals surface area contributed by atoms with Crippen molar-refractivity contribution < 1.29 is 9.53 Å². The molecular weight excluding hydrogens is 382 g/mol. The molecule has 3 heterocycles.